The first-order chi connectivity index (χ1) is 14.3. The second-order valence-electron chi connectivity index (χ2n) is 7.37. The van der Waals surface area contributed by atoms with Crippen molar-refractivity contribution in [1.82, 2.24) is 0 Å². The Kier molecular flexibility index (Phi) is 7.47. The number of rotatable bonds is 6. The second-order valence-corrected chi connectivity index (χ2v) is 7.37. The van der Waals surface area contributed by atoms with E-state index in [1.165, 1.54) is 0 Å². The van der Waals surface area contributed by atoms with Gasteiger partial charge in [0, 0.05) is 11.4 Å². The van der Waals surface area contributed by atoms with Crippen LogP contribution >= 0.6 is 0 Å². The van der Waals surface area contributed by atoms with Gasteiger partial charge in [-0.05, 0) is 18.2 Å². The Labute approximate surface area is 171 Å². The van der Waals surface area contributed by atoms with Crippen molar-refractivity contribution in [2.24, 2.45) is 0 Å². The zero-order chi connectivity index (χ0) is 22.0. The van der Waals surface area contributed by atoms with Crippen LogP contribution in [0.15, 0.2) is 24.3 Å². The van der Waals surface area contributed by atoms with Crippen LogP contribution in [0.5, 0.6) is 0 Å². The lowest BCUT2D eigenvalue weighted by atomic mass is 9.98. The Hall–Kier alpha value is -1.58. The molecule has 0 amide bonds. The number of ether oxygens (including phenoxy) is 2. The summed E-state index contributed by atoms with van der Waals surface area (Å²) in [5, 5.41) is 84.0. The Morgan fingerprint density at radius 3 is 1.40 bits per heavy atom. The Bertz CT molecular complexity index is 639. The van der Waals surface area contributed by atoms with Gasteiger partial charge in [0.25, 0.3) is 0 Å². The third kappa shape index (κ3) is 4.68. The standard InChI is InChI=1S/C18H28N2O10/c21-5-9-11(23)13(25)15(27)17(29-9)19-7-2-1-3-8(4-7)20-18-16(28)14(26)12(24)10(6-22)30-18/h1-4,9-28H,5-6H2/t9-,10+,11-,12-,13-,14-,15+,16-,17-,18+/m0/s1. The zero-order valence-corrected chi connectivity index (χ0v) is 15.9. The third-order valence-corrected chi connectivity index (χ3v) is 5.26. The van der Waals surface area contributed by atoms with Gasteiger partial charge in [-0.2, -0.15) is 0 Å². The van der Waals surface area contributed by atoms with E-state index in [1.54, 1.807) is 24.3 Å². The van der Waals surface area contributed by atoms with Gasteiger partial charge in [-0.25, -0.2) is 0 Å². The first-order valence-electron chi connectivity index (χ1n) is 9.51. The molecular formula is C18H28N2O10. The molecule has 10 atom stereocenters. The van der Waals surface area contributed by atoms with Crippen LogP contribution in [0.4, 0.5) is 11.4 Å². The molecule has 0 saturated carbocycles. The molecule has 0 unspecified atom stereocenters. The molecule has 2 aliphatic rings. The van der Waals surface area contributed by atoms with Gasteiger partial charge < -0.3 is 61.0 Å². The number of hydrogen-bond acceptors (Lipinski definition) is 12. The summed E-state index contributed by atoms with van der Waals surface area (Å²) < 4.78 is 10.8. The minimum absolute atomic E-state index is 0.425. The summed E-state index contributed by atoms with van der Waals surface area (Å²) in [7, 11) is 0. The Morgan fingerprint density at radius 1 is 0.633 bits per heavy atom. The van der Waals surface area contributed by atoms with Gasteiger partial charge in [-0.1, -0.05) is 6.07 Å². The molecule has 0 radical (unpaired) electrons. The first kappa shape index (κ1) is 23.1. The molecule has 0 bridgehead atoms. The smallest absolute Gasteiger partial charge is 0.157 e. The molecule has 0 aliphatic carbocycles. The molecule has 2 fully saturated rings. The fraction of sp³-hybridized carbons (Fsp3) is 0.667. The molecule has 0 aromatic heterocycles. The average molecular weight is 432 g/mol. The van der Waals surface area contributed by atoms with Crippen LogP contribution in [0.3, 0.4) is 0 Å². The molecule has 30 heavy (non-hydrogen) atoms. The van der Waals surface area contributed by atoms with Gasteiger partial charge in [-0.15, -0.1) is 0 Å². The SMILES string of the molecule is OC[C@@H]1O[C@H](Nc2cccc(N[C@@H]3O[C@H](CO)[C@H](O)[C@H](O)[C@@H]3O)c2)[C@H](O)[C@@H](O)[C@H]1O. The van der Waals surface area contributed by atoms with Crippen molar-refractivity contribution in [2.75, 3.05) is 23.8 Å². The largest absolute Gasteiger partial charge is 0.394 e. The van der Waals surface area contributed by atoms with Gasteiger partial charge in [-0.3, -0.25) is 0 Å². The van der Waals surface area contributed by atoms with Crippen molar-refractivity contribution >= 4 is 11.4 Å². The highest BCUT2D eigenvalue weighted by Crippen LogP contribution is 2.26. The number of nitrogens with one attached hydrogen (secondary N) is 2. The molecule has 12 heteroatoms. The number of hydrogen-bond donors (Lipinski definition) is 10. The number of aliphatic hydroxyl groups is 8. The summed E-state index contributed by atoms with van der Waals surface area (Å²) in [6.45, 7) is -1.11. The van der Waals surface area contributed by atoms with Crippen LogP contribution in [0, 0.1) is 0 Å². The highest BCUT2D eigenvalue weighted by molar-refractivity contribution is 5.57. The monoisotopic (exact) mass is 432 g/mol. The molecule has 10 N–H and O–H groups in total. The number of anilines is 2. The highest BCUT2D eigenvalue weighted by atomic mass is 16.6. The summed E-state index contributed by atoms with van der Waals surface area (Å²) in [5.41, 5.74) is 0.850. The van der Waals surface area contributed by atoms with E-state index < -0.39 is 74.5 Å². The summed E-state index contributed by atoms with van der Waals surface area (Å²) in [6, 6.07) is 6.43. The second kappa shape index (κ2) is 9.70. The van der Waals surface area contributed by atoms with E-state index in [9.17, 15) is 40.9 Å². The van der Waals surface area contributed by atoms with Crippen LogP contribution in [-0.4, -0.2) is 115 Å². The summed E-state index contributed by atoms with van der Waals surface area (Å²) in [6.07, 6.45) is -13.3. The van der Waals surface area contributed by atoms with Crippen LogP contribution in [0.1, 0.15) is 0 Å². The quantitative estimate of drug-likeness (QED) is 0.210. The molecule has 1 aromatic carbocycles. The molecule has 2 aliphatic heterocycles. The highest BCUT2D eigenvalue weighted by Gasteiger charge is 2.44. The maximum atomic E-state index is 10.1. The van der Waals surface area contributed by atoms with Gasteiger partial charge in [0.15, 0.2) is 12.5 Å². The van der Waals surface area contributed by atoms with E-state index in [0.717, 1.165) is 0 Å². The molecule has 2 saturated heterocycles. The third-order valence-electron chi connectivity index (χ3n) is 5.26. The van der Waals surface area contributed by atoms with Crippen LogP contribution in [0.2, 0.25) is 0 Å². The van der Waals surface area contributed by atoms with E-state index in [1.807, 2.05) is 0 Å². The maximum Gasteiger partial charge on any atom is 0.157 e. The van der Waals surface area contributed by atoms with E-state index >= 15 is 0 Å². The van der Waals surface area contributed by atoms with Crippen molar-refractivity contribution in [1.29, 1.82) is 0 Å². The maximum absolute atomic E-state index is 10.1. The fourth-order valence-corrected chi connectivity index (χ4v) is 3.47. The summed E-state index contributed by atoms with van der Waals surface area (Å²) >= 11 is 0. The molecule has 0 spiro atoms. The van der Waals surface area contributed by atoms with E-state index in [-0.39, 0.29) is 0 Å². The van der Waals surface area contributed by atoms with Gasteiger partial charge >= 0.3 is 0 Å². The predicted molar refractivity (Wildman–Crippen MR) is 101 cm³/mol. The van der Waals surface area contributed by atoms with Gasteiger partial charge in [0.2, 0.25) is 0 Å². The van der Waals surface area contributed by atoms with E-state index in [2.05, 4.69) is 10.6 Å². The minimum atomic E-state index is -1.52. The lowest BCUT2D eigenvalue weighted by molar-refractivity contribution is -0.221. The first-order valence-corrected chi connectivity index (χ1v) is 9.51. The van der Waals surface area contributed by atoms with Crippen molar-refractivity contribution in [2.45, 2.75) is 61.3 Å². The number of aliphatic hydroxyl groups excluding tert-OH is 8. The summed E-state index contributed by atoms with van der Waals surface area (Å²) in [4.78, 5) is 0. The van der Waals surface area contributed by atoms with Crippen molar-refractivity contribution in [3.8, 4) is 0 Å². The predicted octanol–water partition coefficient (Wildman–Crippen LogP) is -3.89. The zero-order valence-electron chi connectivity index (χ0n) is 15.9. The van der Waals surface area contributed by atoms with Gasteiger partial charge in [0.1, 0.15) is 48.8 Å². The Balaban J connectivity index is 1.69. The molecule has 12 nitrogen and oxygen atoms in total. The topological polar surface area (TPSA) is 204 Å². The fourth-order valence-electron chi connectivity index (χ4n) is 3.47. The molecular weight excluding hydrogens is 404 g/mol. The lowest BCUT2D eigenvalue weighted by Crippen LogP contribution is -2.60. The molecule has 3 rings (SSSR count). The minimum Gasteiger partial charge on any atom is -0.394 e. The molecule has 1 aromatic rings. The van der Waals surface area contributed by atoms with Crippen LogP contribution < -0.4 is 10.6 Å². The van der Waals surface area contributed by atoms with Crippen LogP contribution in [0.25, 0.3) is 0 Å². The number of benzene rings is 1. The average Bonchev–Trinajstić information content (AvgIpc) is 2.74. The molecule has 2 heterocycles. The van der Waals surface area contributed by atoms with Crippen molar-refractivity contribution in [3.63, 3.8) is 0 Å². The summed E-state index contributed by atoms with van der Waals surface area (Å²) in [5.74, 6) is 0. The van der Waals surface area contributed by atoms with Crippen molar-refractivity contribution < 1.29 is 50.3 Å². The molecule has 170 valence electrons. The van der Waals surface area contributed by atoms with Crippen LogP contribution in [-0.2, 0) is 9.47 Å². The normalized spacial score (nSPS) is 42.0. The van der Waals surface area contributed by atoms with Crippen molar-refractivity contribution in [3.05, 3.63) is 24.3 Å². The van der Waals surface area contributed by atoms with E-state index in [0.29, 0.717) is 11.4 Å². The lowest BCUT2D eigenvalue weighted by Gasteiger charge is -2.41. The van der Waals surface area contributed by atoms with E-state index in [4.69, 9.17) is 9.47 Å². The Morgan fingerprint density at radius 2 is 1.03 bits per heavy atom. The van der Waals surface area contributed by atoms with Gasteiger partial charge in [0.05, 0.1) is 13.2 Å².